The maximum atomic E-state index is 12.4. The van der Waals surface area contributed by atoms with Crippen LogP contribution in [0.4, 0.5) is 0 Å². The molecule has 0 unspecified atom stereocenters. The summed E-state index contributed by atoms with van der Waals surface area (Å²) in [5.41, 5.74) is 0.563. The Bertz CT molecular complexity index is 797. The van der Waals surface area contributed by atoms with Gasteiger partial charge in [0.05, 0.1) is 17.0 Å². The van der Waals surface area contributed by atoms with Crippen molar-refractivity contribution in [1.82, 2.24) is 0 Å². The Balaban J connectivity index is 2.46. The number of halogens is 1. The van der Waals surface area contributed by atoms with Crippen LogP contribution in [0.15, 0.2) is 47.4 Å². The van der Waals surface area contributed by atoms with Gasteiger partial charge in [-0.15, -0.1) is 0 Å². The molecule has 0 atom stereocenters. The van der Waals surface area contributed by atoms with Crippen molar-refractivity contribution >= 4 is 27.2 Å². The van der Waals surface area contributed by atoms with Crippen LogP contribution in [0.5, 0.6) is 5.75 Å². The zero-order valence-corrected chi connectivity index (χ0v) is 13.0. The second-order valence-electron chi connectivity index (χ2n) is 4.47. The first kappa shape index (κ1) is 15.5. The summed E-state index contributed by atoms with van der Waals surface area (Å²) >= 11 is 6.06. The summed E-state index contributed by atoms with van der Waals surface area (Å²) in [7, 11) is -1.86. The average molecular weight is 325 g/mol. The standard InChI is InChI=1S/C15H13ClO4S/c1-20-11-6-7-13(14(16)9-11)15(17)10-4-3-5-12(8-10)21(2,18)19/h3-9H,1-2H3. The van der Waals surface area contributed by atoms with Gasteiger partial charge in [0.2, 0.25) is 0 Å². The number of ketones is 1. The Morgan fingerprint density at radius 1 is 1.14 bits per heavy atom. The van der Waals surface area contributed by atoms with Gasteiger partial charge in [-0.05, 0) is 30.3 Å². The molecule has 21 heavy (non-hydrogen) atoms. The largest absolute Gasteiger partial charge is 0.497 e. The normalized spacial score (nSPS) is 11.2. The van der Waals surface area contributed by atoms with Crippen LogP contribution >= 0.6 is 11.6 Å². The summed E-state index contributed by atoms with van der Waals surface area (Å²) in [6, 6.07) is 10.6. The summed E-state index contributed by atoms with van der Waals surface area (Å²) in [5.74, 6) is 0.203. The zero-order valence-electron chi connectivity index (χ0n) is 11.5. The lowest BCUT2D eigenvalue weighted by molar-refractivity contribution is 0.103. The van der Waals surface area contributed by atoms with Crippen LogP contribution in [0, 0.1) is 0 Å². The minimum absolute atomic E-state index is 0.0954. The summed E-state index contributed by atoms with van der Waals surface area (Å²) in [5, 5.41) is 0.254. The topological polar surface area (TPSA) is 60.4 Å². The molecule has 2 rings (SSSR count). The van der Waals surface area contributed by atoms with Crippen molar-refractivity contribution < 1.29 is 17.9 Å². The first-order valence-electron chi connectivity index (χ1n) is 6.01. The molecule has 4 nitrogen and oxygen atoms in total. The lowest BCUT2D eigenvalue weighted by Gasteiger charge is -2.07. The van der Waals surface area contributed by atoms with E-state index in [0.717, 1.165) is 6.26 Å². The second kappa shape index (κ2) is 5.87. The fourth-order valence-corrected chi connectivity index (χ4v) is 2.75. The highest BCUT2D eigenvalue weighted by Gasteiger charge is 2.16. The van der Waals surface area contributed by atoms with Gasteiger partial charge in [0, 0.05) is 17.4 Å². The van der Waals surface area contributed by atoms with Crippen LogP contribution in [0.1, 0.15) is 15.9 Å². The third kappa shape index (κ3) is 3.43. The van der Waals surface area contributed by atoms with Crippen molar-refractivity contribution in [1.29, 1.82) is 0 Å². The molecule has 0 aliphatic heterocycles. The summed E-state index contributed by atoms with van der Waals surface area (Å²) in [6.45, 7) is 0. The lowest BCUT2D eigenvalue weighted by atomic mass is 10.0. The van der Waals surface area contributed by atoms with Crippen LogP contribution in [0.3, 0.4) is 0 Å². The molecule has 0 aliphatic carbocycles. The van der Waals surface area contributed by atoms with Crippen molar-refractivity contribution in [2.45, 2.75) is 4.90 Å². The number of sulfone groups is 1. The van der Waals surface area contributed by atoms with Gasteiger partial charge in [0.25, 0.3) is 0 Å². The Morgan fingerprint density at radius 2 is 1.86 bits per heavy atom. The highest BCUT2D eigenvalue weighted by atomic mass is 35.5. The minimum Gasteiger partial charge on any atom is -0.497 e. The van der Waals surface area contributed by atoms with Gasteiger partial charge >= 0.3 is 0 Å². The predicted molar refractivity (Wildman–Crippen MR) is 81.0 cm³/mol. The smallest absolute Gasteiger partial charge is 0.194 e. The van der Waals surface area contributed by atoms with Gasteiger partial charge < -0.3 is 4.74 Å². The number of carbonyl (C=O) groups is 1. The molecule has 0 saturated carbocycles. The molecular formula is C15H13ClO4S. The van der Waals surface area contributed by atoms with E-state index >= 15 is 0 Å². The van der Waals surface area contributed by atoms with Crippen molar-refractivity contribution in [2.75, 3.05) is 13.4 Å². The van der Waals surface area contributed by atoms with Gasteiger partial charge in [0.15, 0.2) is 15.6 Å². The molecule has 0 saturated heterocycles. The third-order valence-electron chi connectivity index (χ3n) is 2.95. The van der Waals surface area contributed by atoms with Crippen LogP contribution in [0.2, 0.25) is 5.02 Å². The van der Waals surface area contributed by atoms with Crippen LogP contribution in [-0.2, 0) is 9.84 Å². The SMILES string of the molecule is COc1ccc(C(=O)c2cccc(S(C)(=O)=O)c2)c(Cl)c1. The van der Waals surface area contributed by atoms with E-state index in [1.54, 1.807) is 18.2 Å². The molecule has 0 spiro atoms. The highest BCUT2D eigenvalue weighted by molar-refractivity contribution is 7.90. The molecule has 2 aromatic rings. The Morgan fingerprint density at radius 3 is 2.43 bits per heavy atom. The number of hydrogen-bond donors (Lipinski definition) is 0. The highest BCUT2D eigenvalue weighted by Crippen LogP contribution is 2.25. The Hall–Kier alpha value is -1.85. The first-order chi connectivity index (χ1) is 9.82. The van der Waals surface area contributed by atoms with E-state index in [1.807, 2.05) is 0 Å². The van der Waals surface area contributed by atoms with Gasteiger partial charge in [-0.1, -0.05) is 23.7 Å². The maximum Gasteiger partial charge on any atom is 0.194 e. The van der Waals surface area contributed by atoms with E-state index < -0.39 is 9.84 Å². The van der Waals surface area contributed by atoms with E-state index in [4.69, 9.17) is 16.3 Å². The minimum atomic E-state index is -3.37. The quantitative estimate of drug-likeness (QED) is 0.811. The number of benzene rings is 2. The second-order valence-corrected chi connectivity index (χ2v) is 6.90. The number of carbonyl (C=O) groups excluding carboxylic acids is 1. The summed E-state index contributed by atoms with van der Waals surface area (Å²) in [6.07, 6.45) is 1.09. The average Bonchev–Trinajstić information content (AvgIpc) is 2.45. The van der Waals surface area contributed by atoms with Gasteiger partial charge in [0.1, 0.15) is 5.75 Å². The predicted octanol–water partition coefficient (Wildman–Crippen LogP) is 2.98. The Kier molecular flexibility index (Phi) is 4.34. The summed E-state index contributed by atoms with van der Waals surface area (Å²) < 4.78 is 28.1. The molecule has 6 heteroatoms. The van der Waals surface area contributed by atoms with E-state index in [-0.39, 0.29) is 21.3 Å². The molecular weight excluding hydrogens is 312 g/mol. The van der Waals surface area contributed by atoms with Crippen molar-refractivity contribution in [3.8, 4) is 5.75 Å². The molecule has 2 aromatic carbocycles. The molecule has 0 radical (unpaired) electrons. The molecule has 0 amide bonds. The van der Waals surface area contributed by atoms with Crippen molar-refractivity contribution in [3.05, 3.63) is 58.6 Å². The molecule has 0 heterocycles. The zero-order chi connectivity index (χ0) is 15.6. The summed E-state index contributed by atoms with van der Waals surface area (Å²) in [4.78, 5) is 12.5. The number of hydrogen-bond acceptors (Lipinski definition) is 4. The molecule has 0 aromatic heterocycles. The van der Waals surface area contributed by atoms with E-state index in [2.05, 4.69) is 0 Å². The maximum absolute atomic E-state index is 12.4. The van der Waals surface area contributed by atoms with Gasteiger partial charge in [-0.2, -0.15) is 0 Å². The van der Waals surface area contributed by atoms with Gasteiger partial charge in [-0.3, -0.25) is 4.79 Å². The molecule has 110 valence electrons. The monoisotopic (exact) mass is 324 g/mol. The molecule has 0 aliphatic rings. The van der Waals surface area contributed by atoms with Crippen LogP contribution in [-0.4, -0.2) is 27.6 Å². The fraction of sp³-hybridized carbons (Fsp3) is 0.133. The van der Waals surface area contributed by atoms with Crippen molar-refractivity contribution in [3.63, 3.8) is 0 Å². The van der Waals surface area contributed by atoms with Crippen LogP contribution < -0.4 is 4.74 Å². The van der Waals surface area contributed by atoms with E-state index in [0.29, 0.717) is 11.3 Å². The number of methoxy groups -OCH3 is 1. The van der Waals surface area contributed by atoms with E-state index in [1.165, 1.54) is 31.4 Å². The number of rotatable bonds is 4. The van der Waals surface area contributed by atoms with Crippen LogP contribution in [0.25, 0.3) is 0 Å². The van der Waals surface area contributed by atoms with Gasteiger partial charge in [-0.25, -0.2) is 8.42 Å². The lowest BCUT2D eigenvalue weighted by Crippen LogP contribution is -2.05. The first-order valence-corrected chi connectivity index (χ1v) is 8.28. The third-order valence-corrected chi connectivity index (χ3v) is 4.37. The number of ether oxygens (including phenoxy) is 1. The molecule has 0 fully saturated rings. The molecule has 0 bridgehead atoms. The molecule has 0 N–H and O–H groups in total. The van der Waals surface area contributed by atoms with E-state index in [9.17, 15) is 13.2 Å². The fourth-order valence-electron chi connectivity index (χ4n) is 1.83. The Labute approximate surface area is 128 Å². The van der Waals surface area contributed by atoms with Crippen molar-refractivity contribution in [2.24, 2.45) is 0 Å².